The highest BCUT2D eigenvalue weighted by atomic mass is 35.5. The van der Waals surface area contributed by atoms with Crippen molar-refractivity contribution in [1.29, 1.82) is 0 Å². The minimum atomic E-state index is -3.49. The summed E-state index contributed by atoms with van der Waals surface area (Å²) in [5.41, 5.74) is 0. The van der Waals surface area contributed by atoms with Gasteiger partial charge < -0.3 is 4.57 Å². The Morgan fingerprint density at radius 2 is 2.33 bits per heavy atom. The van der Waals surface area contributed by atoms with Gasteiger partial charge in [-0.1, -0.05) is 6.92 Å². The lowest BCUT2D eigenvalue weighted by atomic mass is 10.2. The second-order valence-electron chi connectivity index (χ2n) is 3.49. The molecular formula is C8H14ClN3O2S. The van der Waals surface area contributed by atoms with E-state index < -0.39 is 10.0 Å². The van der Waals surface area contributed by atoms with Crippen molar-refractivity contribution in [2.45, 2.75) is 11.9 Å². The molecule has 0 aromatic carbocycles. The molecule has 0 aliphatic heterocycles. The Morgan fingerprint density at radius 3 is 2.80 bits per heavy atom. The highest BCUT2D eigenvalue weighted by molar-refractivity contribution is 7.89. The zero-order valence-corrected chi connectivity index (χ0v) is 10.2. The van der Waals surface area contributed by atoms with Crippen LogP contribution in [0.25, 0.3) is 0 Å². The van der Waals surface area contributed by atoms with Gasteiger partial charge in [0.25, 0.3) is 10.0 Å². The van der Waals surface area contributed by atoms with Crippen LogP contribution in [0.5, 0.6) is 0 Å². The zero-order chi connectivity index (χ0) is 11.5. The van der Waals surface area contributed by atoms with Crippen LogP contribution < -0.4 is 4.72 Å². The topological polar surface area (TPSA) is 64.0 Å². The molecule has 1 N–H and O–H groups in total. The maximum Gasteiger partial charge on any atom is 0.259 e. The van der Waals surface area contributed by atoms with Gasteiger partial charge in [0, 0.05) is 25.7 Å². The maximum atomic E-state index is 11.6. The van der Waals surface area contributed by atoms with E-state index in [-0.39, 0.29) is 10.9 Å². The number of sulfonamides is 1. The number of imidazole rings is 1. The molecule has 1 aromatic heterocycles. The molecule has 5 nitrogen and oxygen atoms in total. The summed E-state index contributed by atoms with van der Waals surface area (Å²) < 4.78 is 27.3. The summed E-state index contributed by atoms with van der Waals surface area (Å²) in [6.45, 7) is 2.19. The van der Waals surface area contributed by atoms with Crippen LogP contribution in [0.3, 0.4) is 0 Å². The molecule has 0 amide bonds. The highest BCUT2D eigenvalue weighted by Gasteiger charge is 2.17. The average molecular weight is 252 g/mol. The van der Waals surface area contributed by atoms with Crippen molar-refractivity contribution in [2.24, 2.45) is 13.0 Å². The minimum absolute atomic E-state index is 0.0340. The van der Waals surface area contributed by atoms with Crippen molar-refractivity contribution in [3.63, 3.8) is 0 Å². The molecule has 0 saturated carbocycles. The molecule has 0 aliphatic carbocycles. The predicted molar refractivity (Wildman–Crippen MR) is 58.3 cm³/mol. The van der Waals surface area contributed by atoms with Gasteiger partial charge in [-0.25, -0.2) is 18.1 Å². The van der Waals surface area contributed by atoms with E-state index in [0.29, 0.717) is 12.4 Å². The van der Waals surface area contributed by atoms with Gasteiger partial charge in [-0.3, -0.25) is 0 Å². The summed E-state index contributed by atoms with van der Waals surface area (Å²) in [6, 6.07) is 0. The third kappa shape index (κ3) is 3.48. The molecule has 0 fully saturated rings. The SMILES string of the molecule is CC(CCl)CNS(=O)(=O)c1cn(C)cn1. The maximum absolute atomic E-state index is 11.6. The van der Waals surface area contributed by atoms with Crippen LogP contribution in [-0.2, 0) is 17.1 Å². The number of alkyl halides is 1. The molecule has 0 radical (unpaired) electrons. The zero-order valence-electron chi connectivity index (χ0n) is 8.64. The lowest BCUT2D eigenvalue weighted by Crippen LogP contribution is -2.29. The van der Waals surface area contributed by atoms with Crippen molar-refractivity contribution in [3.05, 3.63) is 12.5 Å². The molecule has 0 saturated heterocycles. The number of aromatic nitrogens is 2. The van der Waals surface area contributed by atoms with Gasteiger partial charge in [0.2, 0.25) is 0 Å². The third-order valence-corrected chi connectivity index (χ3v) is 3.68. The van der Waals surface area contributed by atoms with Gasteiger partial charge in [0.05, 0.1) is 6.33 Å². The van der Waals surface area contributed by atoms with Crippen molar-refractivity contribution in [2.75, 3.05) is 12.4 Å². The fourth-order valence-electron chi connectivity index (χ4n) is 0.908. The first-order chi connectivity index (χ1) is 6.95. The summed E-state index contributed by atoms with van der Waals surface area (Å²) in [4.78, 5) is 3.77. The summed E-state index contributed by atoms with van der Waals surface area (Å²) in [5.74, 6) is 0.523. The van der Waals surface area contributed by atoms with Crippen LogP contribution in [0.2, 0.25) is 0 Å². The van der Waals surface area contributed by atoms with E-state index >= 15 is 0 Å². The second kappa shape index (κ2) is 4.96. The largest absolute Gasteiger partial charge is 0.339 e. The van der Waals surface area contributed by atoms with Crippen LogP contribution in [0, 0.1) is 5.92 Å². The second-order valence-corrected chi connectivity index (χ2v) is 5.51. The normalized spacial score (nSPS) is 14.1. The number of hydrogen-bond acceptors (Lipinski definition) is 3. The number of halogens is 1. The molecule has 1 heterocycles. The number of aryl methyl sites for hydroxylation is 1. The monoisotopic (exact) mass is 251 g/mol. The van der Waals surface area contributed by atoms with Crippen molar-refractivity contribution in [1.82, 2.24) is 14.3 Å². The van der Waals surface area contributed by atoms with Crippen LogP contribution in [0.1, 0.15) is 6.92 Å². The first-order valence-electron chi connectivity index (χ1n) is 4.49. The van der Waals surface area contributed by atoms with E-state index in [1.165, 1.54) is 12.5 Å². The van der Waals surface area contributed by atoms with Crippen molar-refractivity contribution in [3.8, 4) is 0 Å². The lowest BCUT2D eigenvalue weighted by Gasteiger charge is -2.08. The van der Waals surface area contributed by atoms with Crippen molar-refractivity contribution < 1.29 is 8.42 Å². The Morgan fingerprint density at radius 1 is 1.67 bits per heavy atom. The lowest BCUT2D eigenvalue weighted by molar-refractivity contribution is 0.559. The molecular weight excluding hydrogens is 238 g/mol. The van der Waals surface area contributed by atoms with E-state index in [9.17, 15) is 8.42 Å². The predicted octanol–water partition coefficient (Wildman–Crippen LogP) is 0.573. The van der Waals surface area contributed by atoms with E-state index in [0.717, 1.165) is 0 Å². The smallest absolute Gasteiger partial charge is 0.259 e. The Labute approximate surface area is 94.5 Å². The Balaban J connectivity index is 2.68. The van der Waals surface area contributed by atoms with Gasteiger partial charge in [-0.05, 0) is 5.92 Å². The summed E-state index contributed by atoms with van der Waals surface area (Å²) in [5, 5.41) is 0.0340. The molecule has 0 aliphatic rings. The quantitative estimate of drug-likeness (QED) is 0.779. The van der Waals surface area contributed by atoms with Crippen LogP contribution in [-0.4, -0.2) is 30.4 Å². The number of hydrogen-bond donors (Lipinski definition) is 1. The van der Waals surface area contributed by atoms with Crippen LogP contribution in [0.4, 0.5) is 0 Å². The Bertz CT molecular complexity index is 415. The fourth-order valence-corrected chi connectivity index (χ4v) is 2.16. The van der Waals surface area contributed by atoms with Gasteiger partial charge in [0.1, 0.15) is 0 Å². The van der Waals surface area contributed by atoms with E-state index in [2.05, 4.69) is 9.71 Å². The van der Waals surface area contributed by atoms with E-state index in [4.69, 9.17) is 11.6 Å². The summed E-state index contributed by atoms with van der Waals surface area (Å²) in [6.07, 6.45) is 2.90. The van der Waals surface area contributed by atoms with Gasteiger partial charge >= 0.3 is 0 Å². The number of nitrogens with one attached hydrogen (secondary N) is 1. The average Bonchev–Trinajstić information content (AvgIpc) is 2.62. The molecule has 1 rings (SSSR count). The van der Waals surface area contributed by atoms with Gasteiger partial charge in [-0.15, -0.1) is 11.6 Å². The van der Waals surface area contributed by atoms with Crippen LogP contribution in [0.15, 0.2) is 17.6 Å². The standard InChI is InChI=1S/C8H14ClN3O2S/c1-7(3-9)4-11-15(13,14)8-5-12(2)6-10-8/h5-7,11H,3-4H2,1-2H3. The Kier molecular flexibility index (Phi) is 4.12. The molecule has 0 bridgehead atoms. The van der Waals surface area contributed by atoms with E-state index in [1.807, 2.05) is 6.92 Å². The van der Waals surface area contributed by atoms with Crippen molar-refractivity contribution >= 4 is 21.6 Å². The minimum Gasteiger partial charge on any atom is -0.339 e. The molecule has 1 aromatic rings. The molecule has 1 unspecified atom stereocenters. The number of rotatable bonds is 5. The summed E-state index contributed by atoms with van der Waals surface area (Å²) in [7, 11) is -1.77. The summed E-state index contributed by atoms with van der Waals surface area (Å²) >= 11 is 5.58. The van der Waals surface area contributed by atoms with Gasteiger partial charge in [-0.2, -0.15) is 0 Å². The highest BCUT2D eigenvalue weighted by Crippen LogP contribution is 2.05. The Hall–Kier alpha value is -0.590. The molecule has 15 heavy (non-hydrogen) atoms. The third-order valence-electron chi connectivity index (χ3n) is 1.84. The number of nitrogens with zero attached hydrogens (tertiary/aromatic N) is 2. The molecule has 86 valence electrons. The molecule has 1 atom stereocenters. The molecule has 7 heteroatoms. The molecule has 0 spiro atoms. The first-order valence-corrected chi connectivity index (χ1v) is 6.51. The van der Waals surface area contributed by atoms with Gasteiger partial charge in [0.15, 0.2) is 5.03 Å². The fraction of sp³-hybridized carbons (Fsp3) is 0.625. The van der Waals surface area contributed by atoms with E-state index in [1.54, 1.807) is 11.6 Å². The first kappa shape index (κ1) is 12.5. The van der Waals surface area contributed by atoms with Crippen LogP contribution >= 0.6 is 11.6 Å².